The van der Waals surface area contributed by atoms with Crippen LogP contribution in [0.4, 0.5) is 0 Å². The molecule has 0 amide bonds. The number of piperidine rings is 1. The van der Waals surface area contributed by atoms with Gasteiger partial charge in [0.2, 0.25) is 0 Å². The van der Waals surface area contributed by atoms with E-state index in [1.807, 2.05) is 0 Å². The van der Waals surface area contributed by atoms with Gasteiger partial charge in [0.15, 0.2) is 0 Å². The van der Waals surface area contributed by atoms with E-state index in [9.17, 15) is 4.79 Å². The molecule has 2 saturated heterocycles. The number of esters is 1. The number of hydrogen-bond acceptors (Lipinski definition) is 3. The van der Waals surface area contributed by atoms with Crippen molar-refractivity contribution in [3.8, 4) is 0 Å². The summed E-state index contributed by atoms with van der Waals surface area (Å²) in [4.78, 5) is 13.1. The molecule has 2 heterocycles. The Labute approximate surface area is 160 Å². The minimum atomic E-state index is 0.125. The predicted molar refractivity (Wildman–Crippen MR) is 105 cm³/mol. The number of carbonyl (C=O) groups is 1. The molecule has 4 fully saturated rings. The van der Waals surface area contributed by atoms with Gasteiger partial charge in [0.1, 0.15) is 0 Å². The minimum Gasteiger partial charge on any atom is -0.465 e. The van der Waals surface area contributed by atoms with E-state index in [0.29, 0.717) is 30.5 Å². The molecular weight excluding hydrogens is 322 g/mol. The molecule has 26 heavy (non-hydrogen) atoms. The molecule has 4 aliphatic rings. The van der Waals surface area contributed by atoms with E-state index in [1.54, 1.807) is 0 Å². The fourth-order valence-corrected chi connectivity index (χ4v) is 6.59. The molecule has 2 saturated carbocycles. The number of fused-ring (bicyclic) bond motifs is 2. The maximum Gasteiger partial charge on any atom is 0.310 e. The van der Waals surface area contributed by atoms with Crippen LogP contribution in [0.2, 0.25) is 0 Å². The molecule has 4 rings (SSSR count). The van der Waals surface area contributed by atoms with E-state index in [0.717, 1.165) is 11.8 Å². The number of rotatable bonds is 5. The first-order chi connectivity index (χ1) is 12.7. The van der Waals surface area contributed by atoms with Gasteiger partial charge in [-0.3, -0.25) is 4.79 Å². The van der Waals surface area contributed by atoms with E-state index in [2.05, 4.69) is 12.2 Å². The second kappa shape index (κ2) is 8.63. The molecule has 0 aromatic carbocycles. The van der Waals surface area contributed by atoms with E-state index in [1.165, 1.54) is 83.5 Å². The summed E-state index contributed by atoms with van der Waals surface area (Å²) in [5.74, 6) is 3.15. The van der Waals surface area contributed by atoms with Gasteiger partial charge in [-0.15, -0.1) is 0 Å². The van der Waals surface area contributed by atoms with E-state index in [-0.39, 0.29) is 11.9 Å². The summed E-state index contributed by atoms with van der Waals surface area (Å²) >= 11 is 0. The highest BCUT2D eigenvalue weighted by Gasteiger charge is 2.48. The average molecular weight is 362 g/mol. The molecule has 2 unspecified atom stereocenters. The number of carbonyl (C=O) groups excluding carboxylic acids is 1. The summed E-state index contributed by atoms with van der Waals surface area (Å²) in [5, 5.41) is 3.75. The van der Waals surface area contributed by atoms with Crippen LogP contribution < -0.4 is 5.32 Å². The fraction of sp³-hybridized carbons (Fsp3) is 0.957. The highest BCUT2D eigenvalue weighted by molar-refractivity contribution is 5.74. The summed E-state index contributed by atoms with van der Waals surface area (Å²) in [6.07, 6.45) is 16.9. The second-order valence-electron chi connectivity index (χ2n) is 9.80. The zero-order chi connectivity index (χ0) is 17.9. The molecular formula is C23H39NO2. The third-order valence-electron chi connectivity index (χ3n) is 8.26. The Morgan fingerprint density at radius 3 is 2.42 bits per heavy atom. The molecule has 2 aliphatic heterocycles. The minimum absolute atomic E-state index is 0.125. The number of ether oxygens (including phenoxy) is 1. The van der Waals surface area contributed by atoms with Gasteiger partial charge in [0.25, 0.3) is 0 Å². The van der Waals surface area contributed by atoms with Crippen molar-refractivity contribution in [2.24, 2.45) is 29.6 Å². The average Bonchev–Trinajstić information content (AvgIpc) is 3.07. The van der Waals surface area contributed by atoms with Crippen LogP contribution in [0.1, 0.15) is 90.4 Å². The smallest absolute Gasteiger partial charge is 0.310 e. The summed E-state index contributed by atoms with van der Waals surface area (Å²) in [5.41, 5.74) is 0. The van der Waals surface area contributed by atoms with Gasteiger partial charge in [-0.25, -0.2) is 0 Å². The monoisotopic (exact) mass is 361 g/mol. The molecule has 2 aliphatic carbocycles. The Balaban J connectivity index is 1.38. The molecule has 0 spiro atoms. The van der Waals surface area contributed by atoms with E-state index in [4.69, 9.17) is 4.74 Å². The van der Waals surface area contributed by atoms with Gasteiger partial charge >= 0.3 is 5.97 Å². The lowest BCUT2D eigenvalue weighted by Crippen LogP contribution is -2.51. The molecule has 2 bridgehead atoms. The van der Waals surface area contributed by atoms with Gasteiger partial charge in [-0.1, -0.05) is 45.4 Å². The molecule has 3 heteroatoms. The van der Waals surface area contributed by atoms with Crippen LogP contribution >= 0.6 is 0 Å². The lowest BCUT2D eigenvalue weighted by atomic mass is 9.67. The lowest BCUT2D eigenvalue weighted by molar-refractivity contribution is -0.156. The Kier molecular flexibility index (Phi) is 6.23. The molecule has 4 atom stereocenters. The van der Waals surface area contributed by atoms with Crippen LogP contribution in [0, 0.1) is 29.6 Å². The Bertz CT molecular complexity index is 465. The van der Waals surface area contributed by atoms with Crippen LogP contribution in [-0.4, -0.2) is 24.7 Å². The van der Waals surface area contributed by atoms with Crippen molar-refractivity contribution < 1.29 is 9.53 Å². The van der Waals surface area contributed by atoms with Crippen LogP contribution in [0.15, 0.2) is 0 Å². The van der Waals surface area contributed by atoms with Gasteiger partial charge in [0, 0.05) is 12.1 Å². The Morgan fingerprint density at radius 1 is 0.923 bits per heavy atom. The third-order valence-corrected chi connectivity index (χ3v) is 8.26. The molecule has 1 N–H and O–H groups in total. The van der Waals surface area contributed by atoms with Gasteiger partial charge in [-0.2, -0.15) is 0 Å². The zero-order valence-electron chi connectivity index (χ0n) is 16.8. The standard InChI is InChI=1S/C23H39NO2/c1-2-16-8-10-18(11-9-16)20-14-19-12-13-21(24-19)22(20)23(25)26-15-17-6-4-3-5-7-17/h16-22,24H,2-15H2,1H3/t16?,18?,19-,20-,21?,22?/m1/s1. The SMILES string of the molecule is CCC1CCC([C@H]2C[C@H]3CCC(N3)C2C(=O)OCC2CCCCC2)CC1. The normalized spacial score (nSPS) is 41.1. The Hall–Kier alpha value is -0.570. The second-order valence-corrected chi connectivity index (χ2v) is 9.80. The van der Waals surface area contributed by atoms with Crippen molar-refractivity contribution >= 4 is 5.97 Å². The van der Waals surface area contributed by atoms with Crippen molar-refractivity contribution in [1.29, 1.82) is 0 Å². The highest BCUT2D eigenvalue weighted by Crippen LogP contribution is 2.46. The molecule has 0 aromatic rings. The highest BCUT2D eigenvalue weighted by atomic mass is 16.5. The van der Waals surface area contributed by atoms with Crippen LogP contribution in [0.5, 0.6) is 0 Å². The maximum absolute atomic E-state index is 13.1. The molecule has 3 nitrogen and oxygen atoms in total. The largest absolute Gasteiger partial charge is 0.465 e. The van der Waals surface area contributed by atoms with Crippen molar-refractivity contribution in [3.05, 3.63) is 0 Å². The topological polar surface area (TPSA) is 38.3 Å². The quantitative estimate of drug-likeness (QED) is 0.694. The first-order valence-corrected chi connectivity index (χ1v) is 11.7. The van der Waals surface area contributed by atoms with E-state index >= 15 is 0 Å². The van der Waals surface area contributed by atoms with Crippen molar-refractivity contribution in [2.75, 3.05) is 6.61 Å². The zero-order valence-corrected chi connectivity index (χ0v) is 16.8. The first kappa shape index (κ1) is 18.8. The van der Waals surface area contributed by atoms with Crippen LogP contribution in [-0.2, 0) is 9.53 Å². The summed E-state index contributed by atoms with van der Waals surface area (Å²) in [7, 11) is 0. The molecule has 148 valence electrons. The summed E-state index contributed by atoms with van der Waals surface area (Å²) in [6, 6.07) is 1.05. The van der Waals surface area contributed by atoms with Crippen molar-refractivity contribution in [3.63, 3.8) is 0 Å². The Morgan fingerprint density at radius 2 is 1.69 bits per heavy atom. The van der Waals surface area contributed by atoms with Gasteiger partial charge in [-0.05, 0) is 68.6 Å². The van der Waals surface area contributed by atoms with Crippen LogP contribution in [0.25, 0.3) is 0 Å². The number of hydrogen-bond donors (Lipinski definition) is 1. The van der Waals surface area contributed by atoms with Crippen molar-refractivity contribution in [1.82, 2.24) is 5.32 Å². The fourth-order valence-electron chi connectivity index (χ4n) is 6.59. The third kappa shape index (κ3) is 4.13. The lowest BCUT2D eigenvalue weighted by Gasteiger charge is -2.43. The number of nitrogens with one attached hydrogen (secondary N) is 1. The predicted octanol–water partition coefficient (Wildman–Crippen LogP) is 5.08. The van der Waals surface area contributed by atoms with E-state index < -0.39 is 0 Å². The molecule has 0 aromatic heterocycles. The molecule has 0 radical (unpaired) electrons. The van der Waals surface area contributed by atoms with Gasteiger partial charge < -0.3 is 10.1 Å². The summed E-state index contributed by atoms with van der Waals surface area (Å²) < 4.78 is 5.96. The maximum atomic E-state index is 13.1. The van der Waals surface area contributed by atoms with Crippen molar-refractivity contribution in [2.45, 2.75) is 102 Å². The summed E-state index contributed by atoms with van der Waals surface area (Å²) in [6.45, 7) is 3.02. The van der Waals surface area contributed by atoms with Crippen LogP contribution in [0.3, 0.4) is 0 Å². The van der Waals surface area contributed by atoms with Gasteiger partial charge in [0.05, 0.1) is 12.5 Å². The first-order valence-electron chi connectivity index (χ1n) is 11.7.